The van der Waals surface area contributed by atoms with Gasteiger partial charge in [0.15, 0.2) is 0 Å². The van der Waals surface area contributed by atoms with Crippen molar-refractivity contribution in [3.05, 3.63) is 46.8 Å². The number of amides is 1. The van der Waals surface area contributed by atoms with Crippen LogP contribution in [-0.2, 0) is 0 Å². The molecule has 1 aromatic heterocycles. The van der Waals surface area contributed by atoms with Gasteiger partial charge in [-0.25, -0.2) is 4.39 Å². The fourth-order valence-corrected chi connectivity index (χ4v) is 4.68. The molecule has 0 aliphatic rings. The molecule has 7 heteroatoms. The van der Waals surface area contributed by atoms with Crippen molar-refractivity contribution < 1.29 is 9.18 Å². The minimum atomic E-state index is -0.322. The first-order chi connectivity index (χ1) is 8.47. The lowest BCUT2D eigenvalue weighted by Gasteiger charge is -2.06. The molecule has 2 nitrogen and oxygen atoms in total. The van der Waals surface area contributed by atoms with Gasteiger partial charge in [-0.05, 0) is 78.7 Å². The Morgan fingerprint density at radius 3 is 2.61 bits per heavy atom. The zero-order valence-corrected chi connectivity index (χ0v) is 14.8. The van der Waals surface area contributed by atoms with Crippen LogP contribution >= 0.6 is 65.8 Å². The topological polar surface area (TPSA) is 29.1 Å². The van der Waals surface area contributed by atoms with Crippen LogP contribution in [0.15, 0.2) is 31.8 Å². The lowest BCUT2D eigenvalue weighted by atomic mass is 10.2. The maximum absolute atomic E-state index is 12.9. The second-order valence-electron chi connectivity index (χ2n) is 3.32. The summed E-state index contributed by atoms with van der Waals surface area (Å²) in [6.45, 7) is 0. The SMILES string of the molecule is O=C(Nc1ccc(F)cc1I)c1cc(Br)sc1Br. The van der Waals surface area contributed by atoms with Crippen LogP contribution in [-0.4, -0.2) is 5.91 Å². The largest absolute Gasteiger partial charge is 0.321 e. The van der Waals surface area contributed by atoms with E-state index in [1.54, 1.807) is 12.1 Å². The maximum Gasteiger partial charge on any atom is 0.257 e. The molecule has 18 heavy (non-hydrogen) atoms. The van der Waals surface area contributed by atoms with E-state index in [1.807, 2.05) is 22.6 Å². The average Bonchev–Trinajstić information content (AvgIpc) is 2.62. The van der Waals surface area contributed by atoms with Gasteiger partial charge in [-0.1, -0.05) is 0 Å². The highest BCUT2D eigenvalue weighted by atomic mass is 127. The third-order valence-corrected chi connectivity index (χ3v) is 5.31. The van der Waals surface area contributed by atoms with Gasteiger partial charge in [-0.2, -0.15) is 0 Å². The van der Waals surface area contributed by atoms with Gasteiger partial charge in [-0.15, -0.1) is 11.3 Å². The van der Waals surface area contributed by atoms with Crippen molar-refractivity contribution in [1.82, 2.24) is 0 Å². The van der Waals surface area contributed by atoms with Gasteiger partial charge in [0.05, 0.1) is 18.8 Å². The number of halogens is 4. The fraction of sp³-hybridized carbons (Fsp3) is 0. The fourth-order valence-electron chi connectivity index (χ4n) is 1.28. The van der Waals surface area contributed by atoms with E-state index >= 15 is 0 Å². The molecule has 0 saturated heterocycles. The summed E-state index contributed by atoms with van der Waals surface area (Å²) in [4.78, 5) is 12.0. The third kappa shape index (κ3) is 3.31. The number of carbonyl (C=O) groups is 1. The van der Waals surface area contributed by atoms with E-state index in [0.29, 0.717) is 14.8 Å². The third-order valence-electron chi connectivity index (χ3n) is 2.08. The van der Waals surface area contributed by atoms with Gasteiger partial charge < -0.3 is 5.32 Å². The van der Waals surface area contributed by atoms with E-state index in [0.717, 1.165) is 7.57 Å². The highest BCUT2D eigenvalue weighted by molar-refractivity contribution is 14.1. The molecular formula is C11H5Br2FINOS. The molecule has 0 spiro atoms. The Hall–Kier alpha value is 0.01000. The molecule has 0 fully saturated rings. The highest BCUT2D eigenvalue weighted by Crippen LogP contribution is 2.32. The van der Waals surface area contributed by atoms with Crippen LogP contribution in [0.4, 0.5) is 10.1 Å². The number of carbonyl (C=O) groups excluding carboxylic acids is 1. The van der Waals surface area contributed by atoms with Crippen LogP contribution in [0.25, 0.3) is 0 Å². The molecule has 94 valence electrons. The second kappa shape index (κ2) is 5.98. The van der Waals surface area contributed by atoms with E-state index in [4.69, 9.17) is 0 Å². The lowest BCUT2D eigenvalue weighted by Crippen LogP contribution is -2.12. The number of nitrogens with one attached hydrogen (secondary N) is 1. The standard InChI is InChI=1S/C11H5Br2FINOS/c12-9-4-6(10(13)18-9)11(17)16-8-2-1-5(14)3-7(8)15/h1-4H,(H,16,17). The molecule has 1 aromatic carbocycles. The summed E-state index contributed by atoms with van der Waals surface area (Å²) in [6.07, 6.45) is 0. The van der Waals surface area contributed by atoms with Crippen LogP contribution in [0.2, 0.25) is 0 Å². The summed E-state index contributed by atoms with van der Waals surface area (Å²) < 4.78 is 15.2. The van der Waals surface area contributed by atoms with E-state index in [-0.39, 0.29) is 11.7 Å². The van der Waals surface area contributed by atoms with Crippen molar-refractivity contribution in [3.63, 3.8) is 0 Å². The summed E-state index contributed by atoms with van der Waals surface area (Å²) >= 11 is 10.1. The van der Waals surface area contributed by atoms with Crippen molar-refractivity contribution in [1.29, 1.82) is 0 Å². The van der Waals surface area contributed by atoms with Crippen molar-refractivity contribution in [3.8, 4) is 0 Å². The van der Waals surface area contributed by atoms with Crippen LogP contribution in [0, 0.1) is 9.39 Å². The van der Waals surface area contributed by atoms with Crippen molar-refractivity contribution >= 4 is 77.4 Å². The number of anilines is 1. The predicted octanol–water partition coefficient (Wildman–Crippen LogP) is 5.27. The molecule has 0 aliphatic carbocycles. The Bertz CT molecular complexity index is 617. The molecule has 1 heterocycles. The van der Waals surface area contributed by atoms with Crippen molar-refractivity contribution in [2.75, 3.05) is 5.32 Å². The summed E-state index contributed by atoms with van der Waals surface area (Å²) in [5, 5.41) is 2.75. The van der Waals surface area contributed by atoms with E-state index in [9.17, 15) is 9.18 Å². The van der Waals surface area contributed by atoms with Gasteiger partial charge in [0, 0.05) is 3.57 Å². The summed E-state index contributed by atoms with van der Waals surface area (Å²) in [6, 6.07) is 5.97. The molecule has 1 N–H and O–H groups in total. The number of hydrogen-bond donors (Lipinski definition) is 1. The van der Waals surface area contributed by atoms with Gasteiger partial charge in [0.2, 0.25) is 0 Å². The van der Waals surface area contributed by atoms with E-state index in [2.05, 4.69) is 37.2 Å². The predicted molar refractivity (Wildman–Crippen MR) is 86.8 cm³/mol. The van der Waals surface area contributed by atoms with Gasteiger partial charge in [-0.3, -0.25) is 4.79 Å². The Morgan fingerprint density at radius 1 is 1.33 bits per heavy atom. The number of thiophene rings is 1. The normalized spacial score (nSPS) is 10.4. The molecule has 0 atom stereocenters. The summed E-state index contributed by atoms with van der Waals surface area (Å²) in [5.74, 6) is -0.551. The summed E-state index contributed by atoms with van der Waals surface area (Å²) in [5.41, 5.74) is 1.14. The van der Waals surface area contributed by atoms with Crippen molar-refractivity contribution in [2.45, 2.75) is 0 Å². The first-order valence-electron chi connectivity index (χ1n) is 4.68. The summed E-state index contributed by atoms with van der Waals surface area (Å²) in [7, 11) is 0. The molecule has 2 aromatic rings. The monoisotopic (exact) mass is 503 g/mol. The van der Waals surface area contributed by atoms with Gasteiger partial charge >= 0.3 is 0 Å². The minimum Gasteiger partial charge on any atom is -0.321 e. The number of rotatable bonds is 2. The van der Waals surface area contributed by atoms with Crippen LogP contribution in [0.3, 0.4) is 0 Å². The average molecular weight is 505 g/mol. The maximum atomic E-state index is 12.9. The minimum absolute atomic E-state index is 0.228. The first-order valence-corrected chi connectivity index (χ1v) is 8.16. The van der Waals surface area contributed by atoms with E-state index < -0.39 is 0 Å². The molecule has 0 radical (unpaired) electrons. The molecule has 0 unspecified atom stereocenters. The lowest BCUT2D eigenvalue weighted by molar-refractivity contribution is 0.102. The Kier molecular flexibility index (Phi) is 4.79. The molecule has 0 saturated carbocycles. The molecule has 0 bridgehead atoms. The number of benzene rings is 1. The van der Waals surface area contributed by atoms with Crippen LogP contribution in [0.1, 0.15) is 10.4 Å². The second-order valence-corrected chi connectivity index (χ2v) is 8.23. The molecule has 1 amide bonds. The van der Waals surface area contributed by atoms with E-state index in [1.165, 1.54) is 23.5 Å². The van der Waals surface area contributed by atoms with Gasteiger partial charge in [0.25, 0.3) is 5.91 Å². The smallest absolute Gasteiger partial charge is 0.257 e. The van der Waals surface area contributed by atoms with Crippen LogP contribution < -0.4 is 5.32 Å². The highest BCUT2D eigenvalue weighted by Gasteiger charge is 2.14. The molecule has 0 aliphatic heterocycles. The Labute approximate surface area is 137 Å². The molecule has 2 rings (SSSR count). The first kappa shape index (κ1) is 14.4. The van der Waals surface area contributed by atoms with Gasteiger partial charge in [0.1, 0.15) is 5.82 Å². The van der Waals surface area contributed by atoms with Crippen molar-refractivity contribution in [2.24, 2.45) is 0 Å². The zero-order chi connectivity index (χ0) is 13.3. The number of hydrogen-bond acceptors (Lipinski definition) is 2. The Morgan fingerprint density at radius 2 is 2.06 bits per heavy atom. The van der Waals surface area contributed by atoms with Crippen LogP contribution in [0.5, 0.6) is 0 Å². The quantitative estimate of drug-likeness (QED) is 0.555. The Balaban J connectivity index is 2.24. The zero-order valence-electron chi connectivity index (χ0n) is 8.64. The molecular weight excluding hydrogens is 500 g/mol.